The Labute approximate surface area is 235 Å². The molecule has 2 heterocycles. The van der Waals surface area contributed by atoms with Gasteiger partial charge in [-0.05, 0) is 72.6 Å². The molecule has 194 valence electrons. The topological polar surface area (TPSA) is 57.6 Å². The summed E-state index contributed by atoms with van der Waals surface area (Å²) in [4.78, 5) is 30.9. The molecule has 0 fully saturated rings. The van der Waals surface area contributed by atoms with E-state index in [1.807, 2.05) is 96.0 Å². The SMILES string of the molecule is CCCCN(CC(=O)N1c2ccccc2-n2cccc2[C@@H]1c1ccc(Cl)cc1)C(=O)Nc1ccc(Br)cc1. The van der Waals surface area contributed by atoms with Crippen LogP contribution in [0.3, 0.4) is 0 Å². The van der Waals surface area contributed by atoms with E-state index >= 15 is 0 Å². The first-order chi connectivity index (χ1) is 18.5. The first kappa shape index (κ1) is 26.1. The number of para-hydroxylation sites is 2. The zero-order chi connectivity index (χ0) is 26.6. The molecule has 0 unspecified atom stereocenters. The highest BCUT2D eigenvalue weighted by Gasteiger charge is 2.36. The van der Waals surface area contributed by atoms with Gasteiger partial charge in [0.1, 0.15) is 12.6 Å². The molecule has 6 nitrogen and oxygen atoms in total. The van der Waals surface area contributed by atoms with Crippen LogP contribution in [0.25, 0.3) is 5.69 Å². The van der Waals surface area contributed by atoms with Crippen molar-refractivity contribution in [2.75, 3.05) is 23.3 Å². The predicted molar refractivity (Wildman–Crippen MR) is 156 cm³/mol. The van der Waals surface area contributed by atoms with E-state index in [1.54, 1.807) is 4.90 Å². The van der Waals surface area contributed by atoms with Gasteiger partial charge >= 0.3 is 6.03 Å². The van der Waals surface area contributed by atoms with E-state index in [4.69, 9.17) is 11.6 Å². The number of nitrogens with zero attached hydrogens (tertiary/aromatic N) is 3. The van der Waals surface area contributed by atoms with Gasteiger partial charge in [-0.2, -0.15) is 0 Å². The van der Waals surface area contributed by atoms with Gasteiger partial charge in [0.05, 0.1) is 17.1 Å². The molecule has 1 atom stereocenters. The number of amides is 3. The lowest BCUT2D eigenvalue weighted by Crippen LogP contribution is -2.48. The van der Waals surface area contributed by atoms with Crippen LogP contribution in [-0.2, 0) is 4.79 Å². The number of carbonyl (C=O) groups excluding carboxylic acids is 2. The second-order valence-electron chi connectivity index (χ2n) is 9.22. The Morgan fingerprint density at radius 2 is 1.66 bits per heavy atom. The van der Waals surface area contributed by atoms with Crippen LogP contribution < -0.4 is 10.2 Å². The maximum Gasteiger partial charge on any atom is 0.322 e. The molecule has 3 aromatic carbocycles. The van der Waals surface area contributed by atoms with E-state index in [1.165, 1.54) is 0 Å². The van der Waals surface area contributed by atoms with E-state index < -0.39 is 0 Å². The zero-order valence-corrected chi connectivity index (χ0v) is 23.3. The standard InChI is InChI=1S/C30H28BrClN4O2/c1-2-3-18-34(30(38)33-24-16-12-22(31)13-17-24)20-28(37)36-26-8-5-4-7-25(26)35-19-6-9-27(35)29(36)21-10-14-23(32)15-11-21/h4-17,19,29H,2-3,18,20H2,1H3,(H,33,38)/t29-/m0/s1. The number of anilines is 2. The molecule has 4 aromatic rings. The first-order valence-electron chi connectivity index (χ1n) is 12.6. The summed E-state index contributed by atoms with van der Waals surface area (Å²) in [5.74, 6) is -0.160. The number of aromatic nitrogens is 1. The summed E-state index contributed by atoms with van der Waals surface area (Å²) in [7, 11) is 0. The van der Waals surface area contributed by atoms with Crippen molar-refractivity contribution in [2.45, 2.75) is 25.8 Å². The number of unbranched alkanes of at least 4 members (excludes halogenated alkanes) is 1. The zero-order valence-electron chi connectivity index (χ0n) is 21.0. The lowest BCUT2D eigenvalue weighted by atomic mass is 9.97. The Morgan fingerprint density at radius 1 is 0.947 bits per heavy atom. The van der Waals surface area contributed by atoms with Crippen LogP contribution in [0.1, 0.15) is 37.1 Å². The van der Waals surface area contributed by atoms with Gasteiger partial charge < -0.3 is 14.8 Å². The van der Waals surface area contributed by atoms with Crippen molar-refractivity contribution >= 4 is 50.8 Å². The smallest absolute Gasteiger partial charge is 0.316 e. The van der Waals surface area contributed by atoms with Crippen molar-refractivity contribution in [3.05, 3.63) is 112 Å². The van der Waals surface area contributed by atoms with Gasteiger partial charge in [-0.3, -0.25) is 9.69 Å². The molecule has 0 saturated heterocycles. The Hall–Kier alpha value is -3.55. The van der Waals surface area contributed by atoms with E-state index in [0.717, 1.165) is 39.9 Å². The fourth-order valence-electron chi connectivity index (χ4n) is 4.80. The molecule has 1 aromatic heterocycles. The average Bonchev–Trinajstić information content (AvgIpc) is 3.42. The van der Waals surface area contributed by atoms with Crippen LogP contribution in [-0.4, -0.2) is 34.5 Å². The third-order valence-electron chi connectivity index (χ3n) is 6.66. The van der Waals surface area contributed by atoms with Gasteiger partial charge in [0.15, 0.2) is 0 Å². The molecule has 0 radical (unpaired) electrons. The van der Waals surface area contributed by atoms with Gasteiger partial charge in [-0.25, -0.2) is 4.79 Å². The third kappa shape index (κ3) is 5.35. The Kier molecular flexibility index (Phi) is 7.86. The number of carbonyl (C=O) groups is 2. The summed E-state index contributed by atoms with van der Waals surface area (Å²) in [6.07, 6.45) is 3.71. The highest BCUT2D eigenvalue weighted by atomic mass is 79.9. The van der Waals surface area contributed by atoms with Gasteiger partial charge in [0.2, 0.25) is 5.91 Å². The lowest BCUT2D eigenvalue weighted by molar-refractivity contribution is -0.119. The fourth-order valence-corrected chi connectivity index (χ4v) is 5.19. The summed E-state index contributed by atoms with van der Waals surface area (Å²) >= 11 is 9.62. The molecule has 1 N–H and O–H groups in total. The highest BCUT2D eigenvalue weighted by molar-refractivity contribution is 9.10. The van der Waals surface area contributed by atoms with Crippen molar-refractivity contribution in [3.8, 4) is 5.69 Å². The number of fused-ring (bicyclic) bond motifs is 3. The maximum atomic E-state index is 14.2. The monoisotopic (exact) mass is 590 g/mol. The van der Waals surface area contributed by atoms with E-state index in [0.29, 0.717) is 17.3 Å². The molecule has 3 amide bonds. The molecule has 0 aliphatic carbocycles. The van der Waals surface area contributed by atoms with Crippen molar-refractivity contribution in [3.63, 3.8) is 0 Å². The minimum atomic E-state index is -0.368. The van der Waals surface area contributed by atoms with E-state index in [9.17, 15) is 9.59 Å². The highest BCUT2D eigenvalue weighted by Crippen LogP contribution is 2.42. The molecule has 8 heteroatoms. The van der Waals surface area contributed by atoms with Crippen LogP contribution in [0.5, 0.6) is 0 Å². The predicted octanol–water partition coefficient (Wildman–Crippen LogP) is 7.66. The summed E-state index contributed by atoms with van der Waals surface area (Å²) in [6, 6.07) is 26.2. The van der Waals surface area contributed by atoms with Gasteiger partial charge in [0.25, 0.3) is 0 Å². The Bertz CT molecular complexity index is 1440. The van der Waals surface area contributed by atoms with Gasteiger partial charge in [0, 0.05) is 27.9 Å². The largest absolute Gasteiger partial charge is 0.322 e. The normalized spacial score (nSPS) is 14.0. The van der Waals surface area contributed by atoms with Gasteiger partial charge in [-0.15, -0.1) is 0 Å². The van der Waals surface area contributed by atoms with Crippen LogP contribution >= 0.6 is 27.5 Å². The van der Waals surface area contributed by atoms with Crippen LogP contribution in [0.4, 0.5) is 16.2 Å². The van der Waals surface area contributed by atoms with Crippen molar-refractivity contribution in [2.24, 2.45) is 0 Å². The molecule has 5 rings (SSSR count). The minimum absolute atomic E-state index is 0.0541. The molecular formula is C30H28BrClN4O2. The number of hydrogen-bond acceptors (Lipinski definition) is 2. The summed E-state index contributed by atoms with van der Waals surface area (Å²) in [5.41, 5.74) is 4.30. The fraction of sp³-hybridized carbons (Fsp3) is 0.200. The van der Waals surface area contributed by atoms with Crippen molar-refractivity contribution < 1.29 is 9.59 Å². The lowest BCUT2D eigenvalue weighted by Gasteiger charge is -2.39. The number of benzene rings is 3. The molecule has 1 aliphatic heterocycles. The van der Waals surface area contributed by atoms with E-state index in [2.05, 4.69) is 32.7 Å². The molecular weight excluding hydrogens is 564 g/mol. The molecule has 0 spiro atoms. The second kappa shape index (κ2) is 11.5. The Morgan fingerprint density at radius 3 is 2.37 bits per heavy atom. The quantitative estimate of drug-likeness (QED) is 0.240. The summed E-state index contributed by atoms with van der Waals surface area (Å²) in [6.45, 7) is 2.49. The van der Waals surface area contributed by atoms with Crippen LogP contribution in [0.15, 0.2) is 95.6 Å². The summed E-state index contributed by atoms with van der Waals surface area (Å²) < 4.78 is 3.04. The van der Waals surface area contributed by atoms with Gasteiger partial charge in [-0.1, -0.05) is 65.1 Å². The molecule has 0 saturated carbocycles. The minimum Gasteiger partial charge on any atom is -0.316 e. The first-order valence-corrected chi connectivity index (χ1v) is 13.8. The van der Waals surface area contributed by atoms with Crippen molar-refractivity contribution in [1.29, 1.82) is 0 Å². The average molecular weight is 592 g/mol. The third-order valence-corrected chi connectivity index (χ3v) is 7.44. The number of halogens is 2. The van der Waals surface area contributed by atoms with Crippen molar-refractivity contribution in [1.82, 2.24) is 9.47 Å². The second-order valence-corrected chi connectivity index (χ2v) is 10.6. The van der Waals surface area contributed by atoms with Crippen LogP contribution in [0.2, 0.25) is 5.02 Å². The Balaban J connectivity index is 1.49. The number of urea groups is 1. The number of nitrogens with one attached hydrogen (secondary N) is 1. The maximum absolute atomic E-state index is 14.2. The number of rotatable bonds is 7. The summed E-state index contributed by atoms with van der Waals surface area (Å²) in [5, 5.41) is 3.58. The van der Waals surface area contributed by atoms with Crippen LogP contribution in [0, 0.1) is 0 Å². The molecule has 0 bridgehead atoms. The molecule has 1 aliphatic rings. The van der Waals surface area contributed by atoms with E-state index in [-0.39, 0.29) is 24.5 Å². The molecule has 38 heavy (non-hydrogen) atoms. The number of hydrogen-bond donors (Lipinski definition) is 1.